The summed E-state index contributed by atoms with van der Waals surface area (Å²) in [5, 5.41) is 3.11. The summed E-state index contributed by atoms with van der Waals surface area (Å²) >= 11 is 1.64. The maximum absolute atomic E-state index is 5.66. The third kappa shape index (κ3) is 3.32. The van der Waals surface area contributed by atoms with E-state index in [1.165, 1.54) is 0 Å². The molecule has 0 spiro atoms. The number of thiazole rings is 1. The van der Waals surface area contributed by atoms with E-state index >= 15 is 0 Å². The minimum atomic E-state index is 0.581. The van der Waals surface area contributed by atoms with E-state index in [0.717, 1.165) is 51.2 Å². The van der Waals surface area contributed by atoms with Crippen molar-refractivity contribution in [2.45, 2.75) is 6.42 Å². The zero-order valence-electron chi connectivity index (χ0n) is 14.7. The fourth-order valence-corrected chi connectivity index (χ4v) is 3.73. The topological polar surface area (TPSA) is 49.8 Å². The number of rotatable bonds is 5. The first-order valence-corrected chi connectivity index (χ1v) is 9.20. The summed E-state index contributed by atoms with van der Waals surface area (Å²) in [5.74, 6) is 3.03. The Morgan fingerprint density at radius 2 is 1.77 bits per heavy atom. The third-order valence-electron chi connectivity index (χ3n) is 4.19. The summed E-state index contributed by atoms with van der Waals surface area (Å²) in [4.78, 5) is 4.77. The monoisotopic (exact) mass is 369 g/mol. The molecule has 2 aromatic carbocycles. The summed E-state index contributed by atoms with van der Waals surface area (Å²) in [6, 6.07) is 11.9. The number of hydrogen-bond donors (Lipinski definition) is 0. The Morgan fingerprint density at radius 3 is 2.58 bits per heavy atom. The summed E-state index contributed by atoms with van der Waals surface area (Å²) < 4.78 is 21.9. The molecule has 6 heteroatoms. The molecule has 134 valence electrons. The van der Waals surface area contributed by atoms with E-state index in [9.17, 15) is 0 Å². The molecule has 3 aromatic rings. The number of methoxy groups -OCH3 is 2. The maximum Gasteiger partial charge on any atom is 0.162 e. The normalized spacial score (nSPS) is 12.7. The quantitative estimate of drug-likeness (QED) is 0.675. The average Bonchev–Trinajstić information content (AvgIpc) is 3.16. The lowest BCUT2D eigenvalue weighted by molar-refractivity contribution is 0.171. The first kappa shape index (κ1) is 16.7. The average molecular weight is 369 g/mol. The largest absolute Gasteiger partial charge is 0.493 e. The van der Waals surface area contributed by atoms with Crippen LogP contribution in [0.1, 0.15) is 10.6 Å². The van der Waals surface area contributed by atoms with Crippen molar-refractivity contribution in [3.05, 3.63) is 52.3 Å². The molecular weight excluding hydrogens is 350 g/mol. The Labute approximate surface area is 156 Å². The first-order valence-electron chi connectivity index (χ1n) is 8.32. The zero-order valence-corrected chi connectivity index (χ0v) is 15.5. The number of aromatic nitrogens is 1. The van der Waals surface area contributed by atoms with Crippen molar-refractivity contribution in [3.8, 4) is 34.3 Å². The van der Waals surface area contributed by atoms with Gasteiger partial charge >= 0.3 is 0 Å². The van der Waals surface area contributed by atoms with Gasteiger partial charge in [0.1, 0.15) is 13.2 Å². The number of hydrogen-bond acceptors (Lipinski definition) is 6. The van der Waals surface area contributed by atoms with Crippen molar-refractivity contribution in [2.75, 3.05) is 27.4 Å². The van der Waals surface area contributed by atoms with Gasteiger partial charge < -0.3 is 18.9 Å². The van der Waals surface area contributed by atoms with Crippen molar-refractivity contribution >= 4 is 11.3 Å². The van der Waals surface area contributed by atoms with Crippen LogP contribution < -0.4 is 18.9 Å². The zero-order chi connectivity index (χ0) is 17.9. The molecule has 0 unspecified atom stereocenters. The lowest BCUT2D eigenvalue weighted by atomic mass is 10.1. The molecule has 4 rings (SSSR count). The molecule has 0 saturated carbocycles. The lowest BCUT2D eigenvalue weighted by Crippen LogP contribution is -2.15. The molecule has 0 radical (unpaired) electrons. The van der Waals surface area contributed by atoms with Gasteiger partial charge in [0.2, 0.25) is 0 Å². The van der Waals surface area contributed by atoms with Crippen LogP contribution in [0, 0.1) is 0 Å². The van der Waals surface area contributed by atoms with Crippen molar-refractivity contribution in [3.63, 3.8) is 0 Å². The van der Waals surface area contributed by atoms with E-state index in [0.29, 0.717) is 13.2 Å². The molecule has 2 heterocycles. The highest BCUT2D eigenvalue weighted by Crippen LogP contribution is 2.35. The van der Waals surface area contributed by atoms with Crippen LogP contribution >= 0.6 is 11.3 Å². The van der Waals surface area contributed by atoms with Gasteiger partial charge in [0.25, 0.3) is 0 Å². The second-order valence-corrected chi connectivity index (χ2v) is 6.79. The third-order valence-corrected chi connectivity index (χ3v) is 5.04. The maximum atomic E-state index is 5.66. The first-order chi connectivity index (χ1) is 12.8. The van der Waals surface area contributed by atoms with Crippen LogP contribution in [0.4, 0.5) is 0 Å². The summed E-state index contributed by atoms with van der Waals surface area (Å²) in [6.45, 7) is 1.18. The Bertz CT molecular complexity index is 922. The van der Waals surface area contributed by atoms with Crippen molar-refractivity contribution in [1.82, 2.24) is 4.98 Å². The van der Waals surface area contributed by atoms with Crippen LogP contribution in [0.25, 0.3) is 11.3 Å². The lowest BCUT2D eigenvalue weighted by Gasteiger charge is -2.18. The molecule has 5 nitrogen and oxygen atoms in total. The van der Waals surface area contributed by atoms with Crippen LogP contribution in [0.5, 0.6) is 23.0 Å². The molecule has 1 aliphatic rings. The van der Waals surface area contributed by atoms with Crippen LogP contribution in [-0.2, 0) is 6.42 Å². The molecule has 26 heavy (non-hydrogen) atoms. The van der Waals surface area contributed by atoms with E-state index in [2.05, 4.69) is 5.38 Å². The van der Waals surface area contributed by atoms with E-state index < -0.39 is 0 Å². The Balaban J connectivity index is 1.55. The minimum Gasteiger partial charge on any atom is -0.493 e. The predicted octanol–water partition coefficient (Wildman–Crippen LogP) is 4.19. The number of fused-ring (bicyclic) bond motifs is 1. The number of benzene rings is 2. The SMILES string of the molecule is COc1ccc(Cc2nc(-c3ccc4c(c3)OCCO4)cs2)cc1OC. The second kappa shape index (κ2) is 7.25. The molecule has 0 N–H and O–H groups in total. The van der Waals surface area contributed by atoms with Crippen molar-refractivity contribution in [1.29, 1.82) is 0 Å². The van der Waals surface area contributed by atoms with Gasteiger partial charge in [-0.25, -0.2) is 4.98 Å². The summed E-state index contributed by atoms with van der Waals surface area (Å²) in [7, 11) is 3.28. The van der Waals surface area contributed by atoms with E-state index in [-0.39, 0.29) is 0 Å². The Morgan fingerprint density at radius 1 is 0.962 bits per heavy atom. The molecule has 0 atom stereocenters. The smallest absolute Gasteiger partial charge is 0.162 e. The van der Waals surface area contributed by atoms with Gasteiger partial charge in [-0.15, -0.1) is 11.3 Å². The predicted molar refractivity (Wildman–Crippen MR) is 101 cm³/mol. The highest BCUT2D eigenvalue weighted by molar-refractivity contribution is 7.10. The molecule has 0 aliphatic carbocycles. The van der Waals surface area contributed by atoms with Crippen LogP contribution in [0.15, 0.2) is 41.8 Å². The number of nitrogens with zero attached hydrogens (tertiary/aromatic N) is 1. The highest BCUT2D eigenvalue weighted by Gasteiger charge is 2.14. The molecule has 0 bridgehead atoms. The second-order valence-electron chi connectivity index (χ2n) is 5.85. The van der Waals surface area contributed by atoms with Gasteiger partial charge in [0.15, 0.2) is 23.0 Å². The minimum absolute atomic E-state index is 0.581. The van der Waals surface area contributed by atoms with Gasteiger partial charge in [-0.2, -0.15) is 0 Å². The van der Waals surface area contributed by atoms with Crippen LogP contribution in [-0.4, -0.2) is 32.4 Å². The molecule has 1 aliphatic heterocycles. The van der Waals surface area contributed by atoms with Gasteiger partial charge in [-0.05, 0) is 35.9 Å². The highest BCUT2D eigenvalue weighted by atomic mass is 32.1. The fourth-order valence-electron chi connectivity index (χ4n) is 2.89. The summed E-state index contributed by atoms with van der Waals surface area (Å²) in [5.41, 5.74) is 3.11. The van der Waals surface area contributed by atoms with E-state index in [4.69, 9.17) is 23.9 Å². The van der Waals surface area contributed by atoms with Crippen LogP contribution in [0.2, 0.25) is 0 Å². The standard InChI is InChI=1S/C20H19NO4S/c1-22-16-5-3-13(9-18(16)23-2)10-20-21-15(12-26-20)14-4-6-17-19(11-14)25-8-7-24-17/h3-6,9,11-12H,7-8,10H2,1-2H3. The van der Waals surface area contributed by atoms with Gasteiger partial charge in [-0.1, -0.05) is 6.07 Å². The van der Waals surface area contributed by atoms with Crippen molar-refractivity contribution < 1.29 is 18.9 Å². The van der Waals surface area contributed by atoms with E-state index in [1.54, 1.807) is 25.6 Å². The molecule has 0 fully saturated rings. The van der Waals surface area contributed by atoms with Gasteiger partial charge in [0, 0.05) is 17.4 Å². The molecular formula is C20H19NO4S. The van der Waals surface area contributed by atoms with Crippen molar-refractivity contribution in [2.24, 2.45) is 0 Å². The molecule has 1 aromatic heterocycles. The summed E-state index contributed by atoms with van der Waals surface area (Å²) in [6.07, 6.45) is 0.746. The Hall–Kier alpha value is -2.73. The molecule has 0 amide bonds. The fraction of sp³-hybridized carbons (Fsp3) is 0.250. The van der Waals surface area contributed by atoms with E-state index in [1.807, 2.05) is 36.4 Å². The number of ether oxygens (including phenoxy) is 4. The Kier molecular flexibility index (Phi) is 4.67. The van der Waals surface area contributed by atoms with Crippen LogP contribution in [0.3, 0.4) is 0 Å². The molecule has 0 saturated heterocycles. The van der Waals surface area contributed by atoms with Gasteiger partial charge in [-0.3, -0.25) is 0 Å². The van der Waals surface area contributed by atoms with Gasteiger partial charge in [0.05, 0.1) is 24.9 Å².